The number of allylic oxidation sites excluding steroid dienone is 2. The number of ether oxygens (including phenoxy) is 1. The molecule has 2 atom stereocenters. The first-order valence-electron chi connectivity index (χ1n) is 7.93. The van der Waals surface area contributed by atoms with Crippen molar-refractivity contribution in [1.82, 2.24) is 0 Å². The van der Waals surface area contributed by atoms with E-state index in [0.29, 0.717) is 0 Å². The molecule has 1 aliphatic rings. The molecule has 0 aliphatic heterocycles. The molecule has 1 saturated carbocycles. The normalized spacial score (nSPS) is 21.7. The molecular weight excluding hydrogens is 414 g/mol. The van der Waals surface area contributed by atoms with Gasteiger partial charge in [0.15, 0.2) is 5.76 Å². The number of rotatable bonds is 4. The van der Waals surface area contributed by atoms with Gasteiger partial charge in [0.05, 0.1) is 5.92 Å². The van der Waals surface area contributed by atoms with Crippen molar-refractivity contribution in [2.24, 2.45) is 17.3 Å². The Morgan fingerprint density at radius 3 is 2.43 bits per heavy atom. The minimum Gasteiger partial charge on any atom is -0.460 e. The second-order valence-corrected chi connectivity index (χ2v) is 7.19. The molecule has 0 bridgehead atoms. The predicted molar refractivity (Wildman–Crippen MR) is 86.8 cm³/mol. The molecule has 0 N–H and O–H groups in total. The van der Waals surface area contributed by atoms with Crippen LogP contribution in [0.15, 0.2) is 21.6 Å². The van der Waals surface area contributed by atoms with E-state index in [1.807, 2.05) is 0 Å². The molecule has 0 amide bonds. The smallest absolute Gasteiger partial charge is 0.450 e. The fourth-order valence-corrected chi connectivity index (χ4v) is 3.03. The lowest BCUT2D eigenvalue weighted by Crippen LogP contribution is -2.13. The van der Waals surface area contributed by atoms with E-state index >= 15 is 0 Å². The van der Waals surface area contributed by atoms with Crippen molar-refractivity contribution in [3.05, 3.63) is 34.3 Å². The van der Waals surface area contributed by atoms with Gasteiger partial charge < -0.3 is 9.15 Å². The van der Waals surface area contributed by atoms with Crippen molar-refractivity contribution in [1.29, 1.82) is 0 Å². The van der Waals surface area contributed by atoms with Gasteiger partial charge in [0.25, 0.3) is 0 Å². The molecule has 1 aromatic heterocycles. The van der Waals surface area contributed by atoms with Gasteiger partial charge in [-0.15, -0.1) is 0 Å². The van der Waals surface area contributed by atoms with Crippen molar-refractivity contribution >= 4 is 17.6 Å². The van der Waals surface area contributed by atoms with Crippen molar-refractivity contribution in [3.8, 4) is 11.8 Å². The zero-order chi connectivity index (χ0) is 21.5. The van der Waals surface area contributed by atoms with Crippen LogP contribution in [0.1, 0.15) is 37.9 Å². The zero-order valence-corrected chi connectivity index (χ0v) is 15.6. The zero-order valence-electron chi connectivity index (χ0n) is 14.9. The Morgan fingerprint density at radius 1 is 1.32 bits per heavy atom. The number of furan rings is 1. The van der Waals surface area contributed by atoms with Gasteiger partial charge in [0.1, 0.15) is 11.6 Å². The van der Waals surface area contributed by atoms with Gasteiger partial charge in [-0.3, -0.25) is 4.79 Å². The maximum Gasteiger partial charge on any atom is 0.450 e. The maximum atomic E-state index is 13.0. The summed E-state index contributed by atoms with van der Waals surface area (Å²) in [5.74, 6) is 0.406. The lowest BCUT2D eigenvalue weighted by molar-refractivity contribution is -0.157. The van der Waals surface area contributed by atoms with E-state index in [1.165, 1.54) is 20.8 Å². The number of hydrogen-bond acceptors (Lipinski definition) is 3. The van der Waals surface area contributed by atoms with Gasteiger partial charge >= 0.3 is 18.3 Å². The summed E-state index contributed by atoms with van der Waals surface area (Å²) in [5, 5.41) is -1.36. The number of esters is 1. The number of carbonyl (C=O) groups is 1. The summed E-state index contributed by atoms with van der Waals surface area (Å²) in [6, 6.07) is 1.00. The highest BCUT2D eigenvalue weighted by Gasteiger charge is 2.62. The van der Waals surface area contributed by atoms with Crippen LogP contribution in [-0.4, -0.2) is 12.1 Å². The maximum absolute atomic E-state index is 13.0. The van der Waals surface area contributed by atoms with Crippen molar-refractivity contribution in [2.75, 3.05) is 0 Å². The predicted octanol–water partition coefficient (Wildman–Crippen LogP) is 5.67. The molecule has 2 rings (SSSR count). The van der Waals surface area contributed by atoms with Gasteiger partial charge in [-0.1, -0.05) is 37.4 Å². The van der Waals surface area contributed by atoms with E-state index in [1.54, 1.807) is 0 Å². The minimum absolute atomic E-state index is 0.245. The molecule has 0 radical (unpaired) electrons. The van der Waals surface area contributed by atoms with Crippen LogP contribution in [0.3, 0.4) is 0 Å². The Morgan fingerprint density at radius 2 is 1.93 bits per heavy atom. The molecular formula is C18H15ClF6O3. The Hall–Kier alpha value is -2.08. The Balaban J connectivity index is 2.14. The SMILES string of the molecule is CC#Cc1cc(COC(=O)[C@@H]2[C@H](/C=C(\Cl)C(F)(F)F)C2(C)C)c(C(F)(F)F)o1. The average Bonchev–Trinajstić information content (AvgIpc) is 2.89. The topological polar surface area (TPSA) is 39.4 Å². The summed E-state index contributed by atoms with van der Waals surface area (Å²) in [6.07, 6.45) is -8.84. The second-order valence-electron chi connectivity index (χ2n) is 6.78. The molecule has 1 aliphatic carbocycles. The van der Waals surface area contributed by atoms with Gasteiger partial charge in [-0.2, -0.15) is 26.3 Å². The van der Waals surface area contributed by atoms with Crippen LogP contribution in [0.4, 0.5) is 26.3 Å². The summed E-state index contributed by atoms with van der Waals surface area (Å²) in [6.45, 7) is 3.73. The van der Waals surface area contributed by atoms with E-state index in [-0.39, 0.29) is 5.76 Å². The van der Waals surface area contributed by atoms with Crippen LogP contribution in [-0.2, 0) is 22.3 Å². The lowest BCUT2D eigenvalue weighted by atomic mass is 10.1. The fourth-order valence-electron chi connectivity index (χ4n) is 2.89. The first kappa shape index (κ1) is 22.2. The highest BCUT2D eigenvalue weighted by atomic mass is 35.5. The van der Waals surface area contributed by atoms with Gasteiger partial charge in [0, 0.05) is 5.56 Å². The monoisotopic (exact) mass is 428 g/mol. The molecule has 1 fully saturated rings. The standard InChI is InChI=1S/C18H15ClF6O3/c1-4-5-10-6-9(14(28-10)18(23,24)25)8-27-15(26)13-11(16(13,2)3)7-12(19)17(20,21)22/h6-7,11,13H,8H2,1-3H3/b12-7-/t11-,13-/m0/s1. The molecule has 1 aromatic rings. The molecule has 10 heteroatoms. The van der Waals surface area contributed by atoms with Crippen LogP contribution in [0, 0.1) is 29.1 Å². The summed E-state index contributed by atoms with van der Waals surface area (Å²) in [4.78, 5) is 12.2. The van der Waals surface area contributed by atoms with Crippen LogP contribution >= 0.6 is 11.6 Å². The highest BCUT2D eigenvalue weighted by Crippen LogP contribution is 2.60. The molecule has 28 heavy (non-hydrogen) atoms. The van der Waals surface area contributed by atoms with Crippen molar-refractivity contribution < 1.29 is 40.3 Å². The molecule has 1 heterocycles. The third kappa shape index (κ3) is 4.66. The summed E-state index contributed by atoms with van der Waals surface area (Å²) < 4.78 is 86.3. The molecule has 0 aromatic carbocycles. The number of halogens is 7. The first-order valence-corrected chi connectivity index (χ1v) is 8.31. The molecule has 0 spiro atoms. The molecule has 3 nitrogen and oxygen atoms in total. The van der Waals surface area contributed by atoms with Crippen LogP contribution < -0.4 is 0 Å². The average molecular weight is 429 g/mol. The van der Waals surface area contributed by atoms with Gasteiger partial charge in [0.2, 0.25) is 5.76 Å². The third-order valence-corrected chi connectivity index (χ3v) is 4.79. The fraction of sp³-hybridized carbons (Fsp3) is 0.500. The first-order chi connectivity index (χ1) is 12.7. The van der Waals surface area contributed by atoms with Gasteiger partial charge in [-0.05, 0) is 30.2 Å². The number of carbonyl (C=O) groups excluding carboxylic acids is 1. The van der Waals surface area contributed by atoms with Gasteiger partial charge in [-0.25, -0.2) is 0 Å². The minimum atomic E-state index is -4.82. The summed E-state index contributed by atoms with van der Waals surface area (Å²) in [7, 11) is 0. The van der Waals surface area contributed by atoms with E-state index in [2.05, 4.69) is 16.3 Å². The van der Waals surface area contributed by atoms with Crippen molar-refractivity contribution in [2.45, 2.75) is 39.7 Å². The Kier molecular flexibility index (Phi) is 5.86. The van der Waals surface area contributed by atoms with E-state index in [4.69, 9.17) is 16.3 Å². The quantitative estimate of drug-likeness (QED) is 0.352. The molecule has 0 saturated heterocycles. The Bertz CT molecular complexity index is 851. The van der Waals surface area contributed by atoms with Crippen LogP contribution in [0.25, 0.3) is 0 Å². The number of hydrogen-bond donors (Lipinski definition) is 0. The molecule has 0 unspecified atom stereocenters. The highest BCUT2D eigenvalue weighted by molar-refractivity contribution is 6.30. The van der Waals surface area contributed by atoms with Crippen LogP contribution in [0.2, 0.25) is 0 Å². The number of alkyl halides is 6. The van der Waals surface area contributed by atoms with Crippen molar-refractivity contribution in [3.63, 3.8) is 0 Å². The van der Waals surface area contributed by atoms with E-state index in [0.717, 1.165) is 12.1 Å². The van der Waals surface area contributed by atoms with Crippen LogP contribution in [0.5, 0.6) is 0 Å². The largest absolute Gasteiger partial charge is 0.460 e. The molecule has 154 valence electrons. The lowest BCUT2D eigenvalue weighted by Gasteiger charge is -2.08. The second kappa shape index (κ2) is 7.39. The van der Waals surface area contributed by atoms with E-state index in [9.17, 15) is 31.1 Å². The summed E-state index contributed by atoms with van der Waals surface area (Å²) >= 11 is 5.20. The third-order valence-electron chi connectivity index (χ3n) is 4.45. The summed E-state index contributed by atoms with van der Waals surface area (Å²) in [5.41, 5.74) is -1.30. The van der Waals surface area contributed by atoms with E-state index < -0.39 is 58.5 Å². The Labute approximate surface area is 161 Å².